The highest BCUT2D eigenvalue weighted by atomic mass is 16.5. The Hall–Kier alpha value is -0.610. The molecule has 0 saturated carbocycles. The van der Waals surface area contributed by atoms with Crippen molar-refractivity contribution in [3.63, 3.8) is 0 Å². The predicted molar refractivity (Wildman–Crippen MR) is 62.2 cm³/mol. The topological polar surface area (TPSA) is 41.6 Å². The van der Waals surface area contributed by atoms with E-state index in [4.69, 9.17) is 4.74 Å². The van der Waals surface area contributed by atoms with Gasteiger partial charge in [0.15, 0.2) is 0 Å². The van der Waals surface area contributed by atoms with Crippen LogP contribution in [0, 0.1) is 5.92 Å². The quantitative estimate of drug-likeness (QED) is 0.750. The molecule has 2 aliphatic heterocycles. The van der Waals surface area contributed by atoms with Crippen molar-refractivity contribution >= 4 is 5.91 Å². The molecule has 0 unspecified atom stereocenters. The monoisotopic (exact) mass is 226 g/mol. The summed E-state index contributed by atoms with van der Waals surface area (Å²) in [5, 5.41) is 3.27. The summed E-state index contributed by atoms with van der Waals surface area (Å²) in [6, 6.07) is 0.484. The number of hydrogen-bond acceptors (Lipinski definition) is 3. The number of likely N-dealkylation sites (N-methyl/N-ethyl adjacent to an activating group) is 1. The summed E-state index contributed by atoms with van der Waals surface area (Å²) in [5.41, 5.74) is 0. The second-order valence-corrected chi connectivity index (χ2v) is 4.80. The molecule has 0 spiro atoms. The van der Waals surface area contributed by atoms with E-state index in [1.807, 2.05) is 11.9 Å². The minimum atomic E-state index is 0.212. The smallest absolute Gasteiger partial charge is 0.225 e. The van der Waals surface area contributed by atoms with Crippen molar-refractivity contribution < 1.29 is 9.53 Å². The van der Waals surface area contributed by atoms with Gasteiger partial charge in [0.1, 0.15) is 0 Å². The molecule has 2 rings (SSSR count). The van der Waals surface area contributed by atoms with Crippen molar-refractivity contribution in [3.05, 3.63) is 0 Å². The zero-order valence-electron chi connectivity index (χ0n) is 10.1. The highest BCUT2D eigenvalue weighted by Gasteiger charge is 2.29. The Kier molecular flexibility index (Phi) is 4.18. The summed E-state index contributed by atoms with van der Waals surface area (Å²) in [4.78, 5) is 14.3. The van der Waals surface area contributed by atoms with Crippen molar-refractivity contribution in [2.24, 2.45) is 5.92 Å². The van der Waals surface area contributed by atoms with Gasteiger partial charge in [-0.1, -0.05) is 0 Å². The summed E-state index contributed by atoms with van der Waals surface area (Å²) >= 11 is 0. The molecule has 0 aromatic carbocycles. The first-order valence-electron chi connectivity index (χ1n) is 6.35. The minimum absolute atomic E-state index is 0.212. The van der Waals surface area contributed by atoms with Gasteiger partial charge in [0.05, 0.1) is 0 Å². The first-order valence-corrected chi connectivity index (χ1v) is 6.35. The zero-order chi connectivity index (χ0) is 11.4. The van der Waals surface area contributed by atoms with Gasteiger partial charge in [-0.15, -0.1) is 0 Å². The maximum atomic E-state index is 12.3. The molecule has 0 radical (unpaired) electrons. The summed E-state index contributed by atoms with van der Waals surface area (Å²) in [7, 11) is 1.98. The average Bonchev–Trinajstić information content (AvgIpc) is 2.39. The molecule has 16 heavy (non-hydrogen) atoms. The van der Waals surface area contributed by atoms with Crippen LogP contribution in [0.25, 0.3) is 0 Å². The van der Waals surface area contributed by atoms with Gasteiger partial charge in [-0.3, -0.25) is 4.79 Å². The summed E-state index contributed by atoms with van der Waals surface area (Å²) in [6.45, 7) is 3.32. The van der Waals surface area contributed by atoms with Gasteiger partial charge >= 0.3 is 0 Å². The maximum absolute atomic E-state index is 12.3. The van der Waals surface area contributed by atoms with E-state index in [-0.39, 0.29) is 5.92 Å². The van der Waals surface area contributed by atoms with E-state index in [1.165, 1.54) is 6.42 Å². The second kappa shape index (κ2) is 5.64. The zero-order valence-corrected chi connectivity index (χ0v) is 10.1. The fourth-order valence-corrected chi connectivity index (χ4v) is 2.62. The van der Waals surface area contributed by atoms with Gasteiger partial charge in [0.25, 0.3) is 0 Å². The van der Waals surface area contributed by atoms with Gasteiger partial charge in [-0.2, -0.15) is 0 Å². The number of hydrogen-bond donors (Lipinski definition) is 1. The Balaban J connectivity index is 1.87. The molecule has 1 N–H and O–H groups in total. The molecule has 1 amide bonds. The first-order chi connectivity index (χ1) is 7.81. The van der Waals surface area contributed by atoms with Crippen LogP contribution < -0.4 is 5.32 Å². The van der Waals surface area contributed by atoms with E-state index in [2.05, 4.69) is 5.32 Å². The van der Waals surface area contributed by atoms with Crippen LogP contribution in [0.1, 0.15) is 25.7 Å². The molecule has 2 aliphatic rings. The fraction of sp³-hybridized carbons (Fsp3) is 0.917. The van der Waals surface area contributed by atoms with Gasteiger partial charge in [-0.05, 0) is 32.7 Å². The fourth-order valence-electron chi connectivity index (χ4n) is 2.62. The molecular formula is C12H22N2O2. The number of carbonyl (C=O) groups excluding carboxylic acids is 1. The third kappa shape index (κ3) is 2.74. The van der Waals surface area contributed by atoms with Crippen LogP contribution in [0.5, 0.6) is 0 Å². The lowest BCUT2D eigenvalue weighted by Crippen LogP contribution is -2.49. The normalized spacial score (nSPS) is 28.1. The third-order valence-electron chi connectivity index (χ3n) is 3.71. The Morgan fingerprint density at radius 2 is 2.06 bits per heavy atom. The highest BCUT2D eigenvalue weighted by molar-refractivity contribution is 5.79. The SMILES string of the molecule is CN[C@@H]1CCCN(C(=O)C2CCOCC2)C1. The lowest BCUT2D eigenvalue weighted by Gasteiger charge is -2.35. The van der Waals surface area contributed by atoms with Crippen molar-refractivity contribution in [3.8, 4) is 0 Å². The molecule has 4 nitrogen and oxygen atoms in total. The van der Waals surface area contributed by atoms with Crippen LogP contribution >= 0.6 is 0 Å². The number of piperidine rings is 1. The number of carbonyl (C=O) groups is 1. The van der Waals surface area contributed by atoms with Gasteiger partial charge in [0, 0.05) is 38.3 Å². The average molecular weight is 226 g/mol. The molecule has 92 valence electrons. The number of amides is 1. The van der Waals surface area contributed by atoms with Crippen LogP contribution in [0.4, 0.5) is 0 Å². The molecule has 2 saturated heterocycles. The second-order valence-electron chi connectivity index (χ2n) is 4.80. The standard InChI is InChI=1S/C12H22N2O2/c1-13-11-3-2-6-14(9-11)12(15)10-4-7-16-8-5-10/h10-11,13H,2-9H2,1H3/t11-/m1/s1. The van der Waals surface area contributed by atoms with Crippen molar-refractivity contribution in [1.82, 2.24) is 10.2 Å². The summed E-state index contributed by atoms with van der Waals surface area (Å²) < 4.78 is 5.30. The van der Waals surface area contributed by atoms with Crippen LogP contribution in [-0.4, -0.2) is 50.2 Å². The highest BCUT2D eigenvalue weighted by Crippen LogP contribution is 2.20. The lowest BCUT2D eigenvalue weighted by atomic mass is 9.96. The van der Waals surface area contributed by atoms with Crippen molar-refractivity contribution in [1.29, 1.82) is 0 Å². The predicted octanol–water partition coefficient (Wildman–Crippen LogP) is 0.623. The van der Waals surface area contributed by atoms with Gasteiger partial charge < -0.3 is 15.0 Å². The number of ether oxygens (including phenoxy) is 1. The third-order valence-corrected chi connectivity index (χ3v) is 3.71. The first kappa shape index (κ1) is 11.9. The van der Waals surface area contributed by atoms with E-state index >= 15 is 0 Å². The Morgan fingerprint density at radius 1 is 1.31 bits per heavy atom. The minimum Gasteiger partial charge on any atom is -0.381 e. The van der Waals surface area contributed by atoms with Gasteiger partial charge in [0.2, 0.25) is 5.91 Å². The van der Waals surface area contributed by atoms with E-state index in [9.17, 15) is 4.79 Å². The molecule has 2 heterocycles. The number of nitrogens with one attached hydrogen (secondary N) is 1. The van der Waals surface area contributed by atoms with E-state index < -0.39 is 0 Å². The number of rotatable bonds is 2. The van der Waals surface area contributed by atoms with Crippen molar-refractivity contribution in [2.75, 3.05) is 33.4 Å². The summed E-state index contributed by atoms with van der Waals surface area (Å²) in [6.07, 6.45) is 4.12. The molecule has 2 fully saturated rings. The van der Waals surface area contributed by atoms with Crippen molar-refractivity contribution in [2.45, 2.75) is 31.7 Å². The molecular weight excluding hydrogens is 204 g/mol. The Labute approximate surface area is 97.3 Å². The van der Waals surface area contributed by atoms with E-state index in [1.54, 1.807) is 0 Å². The molecule has 0 aromatic rings. The van der Waals surface area contributed by atoms with Crippen LogP contribution in [0.15, 0.2) is 0 Å². The molecule has 1 atom stereocenters. The molecule has 0 aliphatic carbocycles. The molecule has 4 heteroatoms. The van der Waals surface area contributed by atoms with E-state index in [0.717, 1.165) is 45.6 Å². The Bertz CT molecular complexity index is 239. The summed E-state index contributed by atoms with van der Waals surface area (Å²) in [5.74, 6) is 0.563. The maximum Gasteiger partial charge on any atom is 0.225 e. The van der Waals surface area contributed by atoms with Crippen LogP contribution in [-0.2, 0) is 9.53 Å². The van der Waals surface area contributed by atoms with Crippen LogP contribution in [0.3, 0.4) is 0 Å². The largest absolute Gasteiger partial charge is 0.381 e. The molecule has 0 aromatic heterocycles. The van der Waals surface area contributed by atoms with E-state index in [0.29, 0.717) is 11.9 Å². The lowest BCUT2D eigenvalue weighted by molar-refractivity contribution is -0.139. The Morgan fingerprint density at radius 3 is 2.75 bits per heavy atom. The van der Waals surface area contributed by atoms with Crippen LogP contribution in [0.2, 0.25) is 0 Å². The molecule has 0 bridgehead atoms. The number of likely N-dealkylation sites (tertiary alicyclic amines) is 1. The van der Waals surface area contributed by atoms with Gasteiger partial charge in [-0.25, -0.2) is 0 Å². The number of nitrogens with zero attached hydrogens (tertiary/aromatic N) is 1.